The number of hydrogen-bond acceptors (Lipinski definition) is 3. The molecule has 110 valence electrons. The van der Waals surface area contributed by atoms with Crippen LogP contribution < -0.4 is 10.6 Å². The molecule has 1 unspecified atom stereocenters. The number of benzene rings is 1. The van der Waals surface area contributed by atoms with Crippen molar-refractivity contribution in [3.8, 4) is 0 Å². The van der Waals surface area contributed by atoms with Gasteiger partial charge in [-0.2, -0.15) is 13.2 Å². The minimum Gasteiger partial charge on any atom is -0.355 e. The van der Waals surface area contributed by atoms with Crippen LogP contribution in [-0.2, 0) is 11.3 Å². The van der Waals surface area contributed by atoms with E-state index in [4.69, 9.17) is 0 Å². The van der Waals surface area contributed by atoms with E-state index >= 15 is 0 Å². The van der Waals surface area contributed by atoms with Crippen LogP contribution in [0, 0.1) is 0 Å². The third kappa shape index (κ3) is 4.14. The average Bonchev–Trinajstić information content (AvgIpc) is 2.41. The molecule has 1 amide bonds. The molecule has 1 heterocycles. The predicted octanol–water partition coefficient (Wildman–Crippen LogP) is 2.24. The van der Waals surface area contributed by atoms with Crippen molar-refractivity contribution < 1.29 is 18.0 Å². The highest BCUT2D eigenvalue weighted by atomic mass is 32.2. The van der Waals surface area contributed by atoms with Gasteiger partial charge in [0.25, 0.3) is 0 Å². The second-order valence-corrected chi connectivity index (χ2v) is 5.63. The fraction of sp³-hybridized carbons (Fsp3) is 0.462. The molecular weight excluding hydrogens is 289 g/mol. The van der Waals surface area contributed by atoms with Gasteiger partial charge in [0.1, 0.15) is 0 Å². The molecule has 1 aliphatic rings. The van der Waals surface area contributed by atoms with Crippen LogP contribution in [0.25, 0.3) is 0 Å². The van der Waals surface area contributed by atoms with E-state index in [1.807, 2.05) is 24.3 Å². The van der Waals surface area contributed by atoms with Crippen LogP contribution in [0.1, 0.15) is 17.0 Å². The van der Waals surface area contributed by atoms with E-state index in [1.54, 1.807) is 0 Å². The second-order valence-electron chi connectivity index (χ2n) is 4.47. The molecule has 7 heteroatoms. The summed E-state index contributed by atoms with van der Waals surface area (Å²) in [6, 6.07) is 7.61. The lowest BCUT2D eigenvalue weighted by Crippen LogP contribution is -2.39. The Balaban J connectivity index is 1.88. The zero-order chi connectivity index (χ0) is 14.6. The Bertz CT molecular complexity index is 479. The number of alkyl halides is 3. The first kappa shape index (κ1) is 15.2. The summed E-state index contributed by atoms with van der Waals surface area (Å²) in [5.74, 6) is -0.736. The van der Waals surface area contributed by atoms with Gasteiger partial charge < -0.3 is 10.6 Å². The van der Waals surface area contributed by atoms with Gasteiger partial charge in [0.2, 0.25) is 5.91 Å². The lowest BCUT2D eigenvalue weighted by molar-refractivity contribution is -0.122. The quantitative estimate of drug-likeness (QED) is 0.838. The van der Waals surface area contributed by atoms with Gasteiger partial charge in [-0.15, -0.1) is 0 Å². The molecule has 0 saturated heterocycles. The zero-order valence-corrected chi connectivity index (χ0v) is 11.5. The van der Waals surface area contributed by atoms with Gasteiger partial charge in [0.15, 0.2) is 0 Å². The molecule has 0 bridgehead atoms. The number of hydrogen-bond donors (Lipinski definition) is 2. The second kappa shape index (κ2) is 6.49. The molecule has 0 aromatic heterocycles. The van der Waals surface area contributed by atoms with Gasteiger partial charge in [-0.1, -0.05) is 24.3 Å². The molecule has 0 radical (unpaired) electrons. The Morgan fingerprint density at radius 3 is 2.90 bits per heavy atom. The molecule has 0 fully saturated rings. The molecule has 2 N–H and O–H groups in total. The number of amides is 1. The molecule has 2 rings (SSSR count). The maximum absolute atomic E-state index is 12.0. The number of fused-ring (bicyclic) bond motifs is 1. The number of thioether (sulfide) groups is 1. The number of rotatable bonds is 4. The fourth-order valence-corrected chi connectivity index (χ4v) is 2.63. The molecule has 1 atom stereocenters. The summed E-state index contributed by atoms with van der Waals surface area (Å²) in [7, 11) is 0. The number of halogens is 3. The number of carbonyl (C=O) groups is 1. The molecule has 0 spiro atoms. The molecule has 3 nitrogen and oxygen atoms in total. The predicted molar refractivity (Wildman–Crippen MR) is 72.4 cm³/mol. The lowest BCUT2D eigenvalue weighted by atomic mass is 9.90. The third-order valence-corrected chi connectivity index (χ3v) is 3.81. The van der Waals surface area contributed by atoms with E-state index < -0.39 is 5.51 Å². The summed E-state index contributed by atoms with van der Waals surface area (Å²) in [6.45, 7) is 1.24. The lowest BCUT2D eigenvalue weighted by Gasteiger charge is -2.25. The van der Waals surface area contributed by atoms with Crippen molar-refractivity contribution in [1.29, 1.82) is 0 Å². The Hall–Kier alpha value is -1.21. The standard InChI is InChI=1S/C13H15F3N2OS/c14-13(15,16)20-6-5-18-12(19)11-8-17-7-9-3-1-2-4-10(9)11/h1-4,11,17H,5-8H2,(H,18,19). The topological polar surface area (TPSA) is 41.1 Å². The largest absolute Gasteiger partial charge is 0.441 e. The average molecular weight is 304 g/mol. The van der Waals surface area contributed by atoms with E-state index in [2.05, 4.69) is 10.6 Å². The summed E-state index contributed by atoms with van der Waals surface area (Å²) < 4.78 is 35.9. The maximum atomic E-state index is 12.0. The van der Waals surface area contributed by atoms with E-state index in [0.29, 0.717) is 13.1 Å². The van der Waals surface area contributed by atoms with E-state index in [-0.39, 0.29) is 35.9 Å². The van der Waals surface area contributed by atoms with Crippen LogP contribution in [0.2, 0.25) is 0 Å². The monoisotopic (exact) mass is 304 g/mol. The number of nitrogens with one attached hydrogen (secondary N) is 2. The van der Waals surface area contributed by atoms with Crippen LogP contribution in [-0.4, -0.2) is 30.3 Å². The Labute approximate surface area is 119 Å². The molecule has 0 saturated carbocycles. The van der Waals surface area contributed by atoms with Gasteiger partial charge in [-0.3, -0.25) is 4.79 Å². The number of carbonyl (C=O) groups excluding carboxylic acids is 1. The zero-order valence-electron chi connectivity index (χ0n) is 10.7. The van der Waals surface area contributed by atoms with Crippen LogP contribution in [0.5, 0.6) is 0 Å². The van der Waals surface area contributed by atoms with Crippen molar-refractivity contribution in [1.82, 2.24) is 10.6 Å². The third-order valence-electron chi connectivity index (χ3n) is 3.08. The normalized spacial score (nSPS) is 18.4. The minimum absolute atomic E-state index is 0.0156. The molecule has 1 aromatic carbocycles. The van der Waals surface area contributed by atoms with Crippen molar-refractivity contribution in [3.63, 3.8) is 0 Å². The summed E-state index contributed by atoms with van der Waals surface area (Å²) in [5.41, 5.74) is -2.24. The van der Waals surface area contributed by atoms with Gasteiger partial charge >= 0.3 is 5.51 Å². The molecular formula is C13H15F3N2OS. The molecule has 1 aliphatic heterocycles. The Morgan fingerprint density at radius 2 is 2.15 bits per heavy atom. The van der Waals surface area contributed by atoms with Crippen molar-refractivity contribution in [2.45, 2.75) is 18.0 Å². The highest BCUT2D eigenvalue weighted by molar-refractivity contribution is 8.00. The van der Waals surface area contributed by atoms with E-state index in [1.165, 1.54) is 0 Å². The van der Waals surface area contributed by atoms with Crippen LogP contribution in [0.15, 0.2) is 24.3 Å². The summed E-state index contributed by atoms with van der Waals surface area (Å²) >= 11 is -0.123. The smallest absolute Gasteiger partial charge is 0.355 e. The molecule has 1 aromatic rings. The first-order valence-electron chi connectivity index (χ1n) is 6.24. The highest BCUT2D eigenvalue weighted by Crippen LogP contribution is 2.29. The first-order chi connectivity index (χ1) is 9.47. The Morgan fingerprint density at radius 1 is 1.40 bits per heavy atom. The van der Waals surface area contributed by atoms with Gasteiger partial charge in [0, 0.05) is 25.4 Å². The minimum atomic E-state index is -4.25. The first-order valence-corrected chi connectivity index (χ1v) is 7.23. The van der Waals surface area contributed by atoms with Crippen LogP contribution in [0.4, 0.5) is 13.2 Å². The summed E-state index contributed by atoms with van der Waals surface area (Å²) in [4.78, 5) is 12.0. The van der Waals surface area contributed by atoms with Gasteiger partial charge in [-0.25, -0.2) is 0 Å². The SMILES string of the molecule is O=C(NCCSC(F)(F)F)C1CNCc2ccccc21. The van der Waals surface area contributed by atoms with Crippen LogP contribution in [0.3, 0.4) is 0 Å². The van der Waals surface area contributed by atoms with Gasteiger partial charge in [0.05, 0.1) is 5.92 Å². The van der Waals surface area contributed by atoms with Crippen molar-refractivity contribution >= 4 is 17.7 Å². The maximum Gasteiger partial charge on any atom is 0.441 e. The van der Waals surface area contributed by atoms with Crippen LogP contribution >= 0.6 is 11.8 Å². The summed E-state index contributed by atoms with van der Waals surface area (Å²) in [5, 5.41) is 5.71. The fourth-order valence-electron chi connectivity index (χ4n) is 2.19. The molecule has 20 heavy (non-hydrogen) atoms. The van der Waals surface area contributed by atoms with E-state index in [0.717, 1.165) is 11.1 Å². The summed E-state index contributed by atoms with van der Waals surface area (Å²) in [6.07, 6.45) is 0. The van der Waals surface area contributed by atoms with E-state index in [9.17, 15) is 18.0 Å². The molecule has 0 aliphatic carbocycles. The Kier molecular flexibility index (Phi) is 4.93. The van der Waals surface area contributed by atoms with Gasteiger partial charge in [-0.05, 0) is 22.9 Å². The van der Waals surface area contributed by atoms with Crippen molar-refractivity contribution in [2.75, 3.05) is 18.8 Å². The van der Waals surface area contributed by atoms with Crippen molar-refractivity contribution in [3.05, 3.63) is 35.4 Å². The van der Waals surface area contributed by atoms with Crippen molar-refractivity contribution in [2.24, 2.45) is 0 Å². The highest BCUT2D eigenvalue weighted by Gasteiger charge is 2.28.